The smallest absolute Gasteiger partial charge is 0.335 e. The lowest BCUT2D eigenvalue weighted by Crippen LogP contribution is -2.19. The van der Waals surface area contributed by atoms with Gasteiger partial charge in [0.15, 0.2) is 0 Å². The molecule has 0 saturated heterocycles. The van der Waals surface area contributed by atoms with Crippen molar-refractivity contribution < 1.29 is 19.5 Å². The summed E-state index contributed by atoms with van der Waals surface area (Å²) in [4.78, 5) is 37.6. The van der Waals surface area contributed by atoms with Gasteiger partial charge in [-0.3, -0.25) is 9.59 Å². The first-order valence-corrected chi connectivity index (χ1v) is 12.1. The molecule has 0 saturated carbocycles. The van der Waals surface area contributed by atoms with Crippen LogP contribution in [-0.2, 0) is 9.59 Å². The van der Waals surface area contributed by atoms with E-state index >= 15 is 0 Å². The topological polar surface area (TPSA) is 95.5 Å². The number of nitrogens with one attached hydrogen (secondary N) is 2. The Kier molecular flexibility index (Phi) is 9.13. The molecule has 0 heterocycles. The fourth-order valence-corrected chi connectivity index (χ4v) is 4.45. The van der Waals surface area contributed by atoms with Gasteiger partial charge in [0.25, 0.3) is 0 Å². The third kappa shape index (κ3) is 7.10. The number of carboxylic acid groups (broad SMARTS) is 1. The van der Waals surface area contributed by atoms with Crippen LogP contribution in [0.3, 0.4) is 0 Å². The zero-order chi connectivity index (χ0) is 24.5. The van der Waals surface area contributed by atoms with Crippen molar-refractivity contribution in [2.24, 2.45) is 0 Å². The second kappa shape index (κ2) is 12.3. The number of thioether (sulfide) groups is 1. The number of halogens is 1. The van der Waals surface area contributed by atoms with E-state index in [4.69, 9.17) is 11.6 Å². The molecule has 3 N–H and O–H groups in total. The highest BCUT2D eigenvalue weighted by Crippen LogP contribution is 2.38. The second-order valence-corrected chi connectivity index (χ2v) is 9.16. The number of carbonyl (C=O) groups excluding carboxylic acids is 2. The monoisotopic (exact) mass is 496 g/mol. The number of hydrogen-bond acceptors (Lipinski definition) is 4. The molecule has 2 amide bonds. The molecule has 34 heavy (non-hydrogen) atoms. The van der Waals surface area contributed by atoms with Gasteiger partial charge in [0.1, 0.15) is 5.25 Å². The standard InChI is InChI=1S/C26H25ClN2O4S/c1-2-3-12-23(30)28-19-10-7-11-20(16-19)34-24(17-8-5-4-6-9-17)25(31)29-22-15-18(26(32)33)13-14-21(22)27/h4-11,13-16,24H,2-3,12H2,1H3,(H,28,30)(H,29,31)(H,32,33). The zero-order valence-corrected chi connectivity index (χ0v) is 20.2. The highest BCUT2D eigenvalue weighted by molar-refractivity contribution is 8.00. The summed E-state index contributed by atoms with van der Waals surface area (Å²) in [5.74, 6) is -1.51. The zero-order valence-electron chi connectivity index (χ0n) is 18.6. The highest BCUT2D eigenvalue weighted by atomic mass is 35.5. The van der Waals surface area contributed by atoms with Crippen LogP contribution in [-0.4, -0.2) is 22.9 Å². The molecule has 0 spiro atoms. The summed E-state index contributed by atoms with van der Waals surface area (Å²) in [6.07, 6.45) is 2.22. The number of benzene rings is 3. The van der Waals surface area contributed by atoms with Gasteiger partial charge >= 0.3 is 5.97 Å². The van der Waals surface area contributed by atoms with Gasteiger partial charge in [-0.15, -0.1) is 11.8 Å². The summed E-state index contributed by atoms with van der Waals surface area (Å²) >= 11 is 7.53. The number of anilines is 2. The van der Waals surface area contributed by atoms with Gasteiger partial charge in [-0.2, -0.15) is 0 Å². The van der Waals surface area contributed by atoms with E-state index < -0.39 is 11.2 Å². The van der Waals surface area contributed by atoms with Crippen LogP contribution in [0.25, 0.3) is 0 Å². The van der Waals surface area contributed by atoms with Crippen LogP contribution in [0.4, 0.5) is 11.4 Å². The van der Waals surface area contributed by atoms with Gasteiger partial charge in [-0.1, -0.05) is 61.3 Å². The molecular weight excluding hydrogens is 472 g/mol. The molecule has 3 rings (SSSR count). The van der Waals surface area contributed by atoms with Crippen LogP contribution in [0.2, 0.25) is 5.02 Å². The Morgan fingerprint density at radius 3 is 2.44 bits per heavy atom. The summed E-state index contributed by atoms with van der Waals surface area (Å²) in [5.41, 5.74) is 1.68. The third-order valence-electron chi connectivity index (χ3n) is 4.94. The van der Waals surface area contributed by atoms with Crippen molar-refractivity contribution in [3.8, 4) is 0 Å². The molecule has 1 atom stereocenters. The molecule has 6 nitrogen and oxygen atoms in total. The average molecular weight is 497 g/mol. The quantitative estimate of drug-likeness (QED) is 0.273. The molecule has 0 aliphatic carbocycles. The van der Waals surface area contributed by atoms with Crippen molar-refractivity contribution in [2.75, 3.05) is 10.6 Å². The minimum atomic E-state index is -1.11. The van der Waals surface area contributed by atoms with Crippen LogP contribution in [0.5, 0.6) is 0 Å². The first-order valence-electron chi connectivity index (χ1n) is 10.8. The van der Waals surface area contributed by atoms with Crippen LogP contribution in [0.15, 0.2) is 77.7 Å². The van der Waals surface area contributed by atoms with Crippen molar-refractivity contribution in [3.05, 3.63) is 88.9 Å². The molecule has 3 aromatic carbocycles. The number of unbranched alkanes of at least 4 members (excludes halogenated alkanes) is 1. The van der Waals surface area contributed by atoms with Crippen molar-refractivity contribution in [1.82, 2.24) is 0 Å². The Labute approximate surface area is 207 Å². The summed E-state index contributed by atoms with van der Waals surface area (Å²) in [7, 11) is 0. The molecule has 0 fully saturated rings. The normalized spacial score (nSPS) is 11.5. The Morgan fingerprint density at radius 1 is 0.971 bits per heavy atom. The number of carbonyl (C=O) groups is 3. The van der Waals surface area contributed by atoms with E-state index in [1.165, 1.54) is 30.0 Å². The van der Waals surface area contributed by atoms with Crippen molar-refractivity contribution in [3.63, 3.8) is 0 Å². The SMILES string of the molecule is CCCCC(=O)Nc1cccc(SC(C(=O)Nc2cc(C(=O)O)ccc2Cl)c2ccccc2)c1. The van der Waals surface area contributed by atoms with Gasteiger partial charge < -0.3 is 15.7 Å². The fraction of sp³-hybridized carbons (Fsp3) is 0.192. The first kappa shape index (κ1) is 25.3. The molecule has 3 aromatic rings. The Balaban J connectivity index is 1.84. The number of amides is 2. The van der Waals surface area contributed by atoms with Crippen molar-refractivity contribution in [2.45, 2.75) is 36.3 Å². The molecule has 176 valence electrons. The van der Waals surface area contributed by atoms with E-state index in [1.807, 2.05) is 61.5 Å². The van der Waals surface area contributed by atoms with E-state index in [0.717, 1.165) is 23.3 Å². The summed E-state index contributed by atoms with van der Waals surface area (Å²) < 4.78 is 0. The lowest BCUT2D eigenvalue weighted by molar-refractivity contribution is -0.116. The predicted molar refractivity (Wildman–Crippen MR) is 137 cm³/mol. The van der Waals surface area contributed by atoms with E-state index in [-0.39, 0.29) is 28.1 Å². The third-order valence-corrected chi connectivity index (χ3v) is 6.52. The van der Waals surface area contributed by atoms with Gasteiger partial charge in [0, 0.05) is 17.0 Å². The predicted octanol–water partition coefficient (Wildman–Crippen LogP) is 6.64. The molecule has 0 aliphatic heterocycles. The van der Waals surface area contributed by atoms with Crippen LogP contribution in [0.1, 0.15) is 47.4 Å². The van der Waals surface area contributed by atoms with Gasteiger partial charge in [0.2, 0.25) is 11.8 Å². The lowest BCUT2D eigenvalue weighted by Gasteiger charge is -2.18. The molecule has 0 radical (unpaired) electrons. The summed E-state index contributed by atoms with van der Waals surface area (Å²) in [6, 6.07) is 20.7. The van der Waals surface area contributed by atoms with Crippen LogP contribution >= 0.6 is 23.4 Å². The van der Waals surface area contributed by atoms with E-state index in [0.29, 0.717) is 12.1 Å². The number of aromatic carboxylic acids is 1. The minimum Gasteiger partial charge on any atom is -0.478 e. The average Bonchev–Trinajstić information content (AvgIpc) is 2.83. The number of hydrogen-bond donors (Lipinski definition) is 3. The van der Waals surface area contributed by atoms with E-state index in [9.17, 15) is 19.5 Å². The van der Waals surface area contributed by atoms with Crippen LogP contribution < -0.4 is 10.6 Å². The molecule has 0 aliphatic rings. The first-order chi connectivity index (χ1) is 16.4. The molecule has 0 bridgehead atoms. The van der Waals surface area contributed by atoms with E-state index in [2.05, 4.69) is 10.6 Å². The number of rotatable bonds is 10. The van der Waals surface area contributed by atoms with Crippen LogP contribution in [0, 0.1) is 0 Å². The largest absolute Gasteiger partial charge is 0.478 e. The van der Waals surface area contributed by atoms with E-state index in [1.54, 1.807) is 0 Å². The maximum absolute atomic E-state index is 13.3. The molecular formula is C26H25ClN2O4S. The maximum Gasteiger partial charge on any atom is 0.335 e. The van der Waals surface area contributed by atoms with Gasteiger partial charge in [-0.25, -0.2) is 4.79 Å². The summed E-state index contributed by atoms with van der Waals surface area (Å²) in [6.45, 7) is 2.03. The minimum absolute atomic E-state index is 0.0233. The van der Waals surface area contributed by atoms with Gasteiger partial charge in [-0.05, 0) is 48.4 Å². The fourth-order valence-electron chi connectivity index (χ4n) is 3.20. The molecule has 1 unspecified atom stereocenters. The second-order valence-electron chi connectivity index (χ2n) is 7.58. The Bertz CT molecular complexity index is 1170. The maximum atomic E-state index is 13.3. The van der Waals surface area contributed by atoms with Gasteiger partial charge in [0.05, 0.1) is 16.3 Å². The van der Waals surface area contributed by atoms with Crippen molar-refractivity contribution >= 4 is 52.5 Å². The molecule has 8 heteroatoms. The Hall–Kier alpha value is -3.29. The van der Waals surface area contributed by atoms with Crippen molar-refractivity contribution in [1.29, 1.82) is 0 Å². The highest BCUT2D eigenvalue weighted by Gasteiger charge is 2.23. The summed E-state index contributed by atoms with van der Waals surface area (Å²) in [5, 5.41) is 14.5. The lowest BCUT2D eigenvalue weighted by atomic mass is 10.1. The Morgan fingerprint density at radius 2 is 1.74 bits per heavy atom. The number of carboxylic acids is 1. The molecule has 0 aromatic heterocycles.